The normalized spacial score (nSPS) is 12.1. The first-order chi connectivity index (χ1) is 8.13. The summed E-state index contributed by atoms with van der Waals surface area (Å²) in [7, 11) is -0.719. The topological polar surface area (TPSA) is 64.3 Å². The number of hydrogen-bond acceptors (Lipinski definition) is 4. The molecule has 1 unspecified atom stereocenters. The van der Waals surface area contributed by atoms with Crippen LogP contribution in [0.25, 0.3) is 0 Å². The van der Waals surface area contributed by atoms with Crippen LogP contribution in [0.1, 0.15) is 13.3 Å². The summed E-state index contributed by atoms with van der Waals surface area (Å²) in [6.45, 7) is 3.33. The molecule has 0 aromatic heterocycles. The second-order valence-corrected chi connectivity index (χ2v) is 5.30. The van der Waals surface area contributed by atoms with Crippen molar-refractivity contribution >= 4 is 22.2 Å². The van der Waals surface area contributed by atoms with Crippen molar-refractivity contribution in [1.82, 2.24) is 0 Å². The number of ether oxygens (including phenoxy) is 1. The third kappa shape index (κ3) is 5.08. The van der Waals surface area contributed by atoms with E-state index in [9.17, 15) is 4.21 Å². The Hall–Kier alpha value is -1.23. The molecule has 1 aromatic rings. The van der Waals surface area contributed by atoms with Crippen molar-refractivity contribution < 1.29 is 8.95 Å². The van der Waals surface area contributed by atoms with Crippen molar-refractivity contribution in [1.29, 1.82) is 0 Å². The van der Waals surface area contributed by atoms with Crippen molar-refractivity contribution in [2.45, 2.75) is 13.3 Å². The van der Waals surface area contributed by atoms with Crippen LogP contribution >= 0.6 is 0 Å². The van der Waals surface area contributed by atoms with Gasteiger partial charge in [0, 0.05) is 41.1 Å². The first-order valence-electron chi connectivity index (χ1n) is 5.69. The minimum atomic E-state index is -0.719. The molecule has 0 fully saturated rings. The van der Waals surface area contributed by atoms with Gasteiger partial charge in [-0.1, -0.05) is 0 Å². The molecule has 1 aromatic carbocycles. The summed E-state index contributed by atoms with van der Waals surface area (Å²) >= 11 is 0. The van der Waals surface area contributed by atoms with Gasteiger partial charge in [0.2, 0.25) is 0 Å². The van der Waals surface area contributed by atoms with Gasteiger partial charge in [0.25, 0.3) is 0 Å². The summed E-state index contributed by atoms with van der Waals surface area (Å²) in [5.74, 6) is 1.43. The van der Waals surface area contributed by atoms with Gasteiger partial charge in [-0.2, -0.15) is 0 Å². The second kappa shape index (κ2) is 7.17. The Balaban J connectivity index is 2.48. The summed E-state index contributed by atoms with van der Waals surface area (Å²) < 4.78 is 16.3. The minimum absolute atomic E-state index is 0.600. The average Bonchev–Trinajstić information content (AvgIpc) is 2.28. The van der Waals surface area contributed by atoms with Crippen molar-refractivity contribution in [2.24, 2.45) is 0 Å². The summed E-state index contributed by atoms with van der Waals surface area (Å²) in [4.78, 5) is 0. The summed E-state index contributed by atoms with van der Waals surface area (Å²) in [5, 5.41) is 3.26. The van der Waals surface area contributed by atoms with Crippen LogP contribution in [0, 0.1) is 0 Å². The number of nitrogens with one attached hydrogen (secondary N) is 1. The number of anilines is 2. The highest BCUT2D eigenvalue weighted by atomic mass is 32.2. The number of rotatable bonds is 7. The van der Waals surface area contributed by atoms with E-state index >= 15 is 0 Å². The quantitative estimate of drug-likeness (QED) is 0.577. The zero-order chi connectivity index (χ0) is 12.7. The molecule has 0 aliphatic rings. The molecule has 17 heavy (non-hydrogen) atoms. The van der Waals surface area contributed by atoms with Crippen molar-refractivity contribution in [3.8, 4) is 5.75 Å². The fourth-order valence-corrected chi connectivity index (χ4v) is 1.98. The van der Waals surface area contributed by atoms with Crippen molar-refractivity contribution in [3.05, 3.63) is 18.2 Å². The largest absolute Gasteiger partial charge is 0.492 e. The first-order valence-corrected chi connectivity index (χ1v) is 7.42. The minimum Gasteiger partial charge on any atom is -0.492 e. The van der Waals surface area contributed by atoms with Gasteiger partial charge in [-0.25, -0.2) is 0 Å². The van der Waals surface area contributed by atoms with Crippen LogP contribution in [0.15, 0.2) is 18.2 Å². The van der Waals surface area contributed by atoms with E-state index in [4.69, 9.17) is 10.5 Å². The SMILES string of the molecule is CCOc1cc(NCCCS(C)=O)ccc1N. The third-order valence-corrected chi connectivity index (χ3v) is 3.11. The lowest BCUT2D eigenvalue weighted by molar-refractivity contribution is 0.342. The molecule has 1 rings (SSSR count). The van der Waals surface area contributed by atoms with Crippen LogP contribution in [0.2, 0.25) is 0 Å². The number of nitrogen functional groups attached to an aromatic ring is 1. The highest BCUT2D eigenvalue weighted by molar-refractivity contribution is 7.84. The predicted molar refractivity (Wildman–Crippen MR) is 74.1 cm³/mol. The van der Waals surface area contributed by atoms with Crippen molar-refractivity contribution in [2.75, 3.05) is 36.2 Å². The smallest absolute Gasteiger partial charge is 0.144 e. The molecule has 0 aliphatic carbocycles. The number of benzene rings is 1. The van der Waals surface area contributed by atoms with E-state index in [1.54, 1.807) is 6.26 Å². The van der Waals surface area contributed by atoms with Crippen LogP contribution in [-0.4, -0.2) is 29.4 Å². The average molecular weight is 256 g/mol. The van der Waals surface area contributed by atoms with E-state index in [1.807, 2.05) is 25.1 Å². The van der Waals surface area contributed by atoms with Gasteiger partial charge >= 0.3 is 0 Å². The van der Waals surface area contributed by atoms with Crippen LogP contribution in [-0.2, 0) is 10.8 Å². The molecule has 5 heteroatoms. The Bertz CT molecular complexity index is 383. The summed E-state index contributed by atoms with van der Waals surface area (Å²) in [6, 6.07) is 5.63. The molecular formula is C12H20N2O2S. The summed E-state index contributed by atoms with van der Waals surface area (Å²) in [5.41, 5.74) is 7.40. The zero-order valence-corrected chi connectivity index (χ0v) is 11.2. The van der Waals surface area contributed by atoms with Crippen LogP contribution < -0.4 is 15.8 Å². The lowest BCUT2D eigenvalue weighted by Crippen LogP contribution is -2.06. The Labute approximate surface area is 105 Å². The Kier molecular flexibility index (Phi) is 5.83. The van der Waals surface area contributed by atoms with Crippen LogP contribution in [0.4, 0.5) is 11.4 Å². The maximum absolute atomic E-state index is 10.9. The lowest BCUT2D eigenvalue weighted by Gasteiger charge is -2.10. The molecule has 0 spiro atoms. The highest BCUT2D eigenvalue weighted by Crippen LogP contribution is 2.25. The van der Waals surface area contributed by atoms with Crippen LogP contribution in [0.3, 0.4) is 0 Å². The first kappa shape index (κ1) is 13.8. The molecule has 0 aliphatic heterocycles. The molecule has 0 saturated carbocycles. The predicted octanol–water partition coefficient (Wildman–Crippen LogP) is 1.85. The van der Waals surface area contributed by atoms with Gasteiger partial charge in [-0.3, -0.25) is 4.21 Å². The van der Waals surface area contributed by atoms with Gasteiger partial charge in [0.15, 0.2) is 0 Å². The molecule has 0 saturated heterocycles. The monoisotopic (exact) mass is 256 g/mol. The molecule has 0 amide bonds. The maximum atomic E-state index is 10.9. The van der Waals surface area contributed by atoms with E-state index in [1.165, 1.54) is 0 Å². The van der Waals surface area contributed by atoms with Gasteiger partial charge in [0.1, 0.15) is 5.75 Å². The molecule has 1 atom stereocenters. The molecular weight excluding hydrogens is 236 g/mol. The van der Waals surface area contributed by atoms with E-state index in [-0.39, 0.29) is 0 Å². The zero-order valence-electron chi connectivity index (χ0n) is 10.4. The van der Waals surface area contributed by atoms with E-state index < -0.39 is 10.8 Å². The Morgan fingerprint density at radius 1 is 1.47 bits per heavy atom. The van der Waals surface area contributed by atoms with Crippen molar-refractivity contribution in [3.63, 3.8) is 0 Å². The standard InChI is InChI=1S/C12H20N2O2S/c1-3-16-12-9-10(5-6-11(12)13)14-7-4-8-17(2)15/h5-6,9,14H,3-4,7-8,13H2,1-2H3. The highest BCUT2D eigenvalue weighted by Gasteiger charge is 2.01. The Morgan fingerprint density at radius 2 is 2.24 bits per heavy atom. The molecule has 0 radical (unpaired) electrons. The van der Waals surface area contributed by atoms with Gasteiger partial charge in [-0.05, 0) is 25.5 Å². The fourth-order valence-electron chi connectivity index (χ4n) is 1.43. The second-order valence-electron chi connectivity index (χ2n) is 3.74. The van der Waals surface area contributed by atoms with E-state index in [0.717, 1.165) is 24.4 Å². The van der Waals surface area contributed by atoms with Gasteiger partial charge in [-0.15, -0.1) is 0 Å². The lowest BCUT2D eigenvalue weighted by atomic mass is 10.2. The van der Waals surface area contributed by atoms with Crippen LogP contribution in [0.5, 0.6) is 5.75 Å². The van der Waals surface area contributed by atoms with E-state index in [2.05, 4.69) is 5.32 Å². The molecule has 3 N–H and O–H groups in total. The van der Waals surface area contributed by atoms with Gasteiger partial charge in [0.05, 0.1) is 12.3 Å². The number of hydrogen-bond donors (Lipinski definition) is 2. The molecule has 0 heterocycles. The van der Waals surface area contributed by atoms with Gasteiger partial charge < -0.3 is 15.8 Å². The Morgan fingerprint density at radius 3 is 2.88 bits per heavy atom. The molecule has 96 valence electrons. The fraction of sp³-hybridized carbons (Fsp3) is 0.500. The summed E-state index contributed by atoms with van der Waals surface area (Å²) in [6.07, 6.45) is 2.61. The molecule has 0 bridgehead atoms. The van der Waals surface area contributed by atoms with E-state index in [0.29, 0.717) is 18.0 Å². The maximum Gasteiger partial charge on any atom is 0.144 e. The number of nitrogens with two attached hydrogens (primary N) is 1. The molecule has 4 nitrogen and oxygen atoms in total. The third-order valence-electron chi connectivity index (χ3n) is 2.25.